The number of carbonyl (C=O) groups excluding carboxylic acids is 2. The van der Waals surface area contributed by atoms with Crippen molar-refractivity contribution < 1.29 is 22.7 Å². The number of anilines is 1. The molecule has 9 heteroatoms. The van der Waals surface area contributed by atoms with E-state index in [1.165, 1.54) is 17.7 Å². The summed E-state index contributed by atoms with van der Waals surface area (Å²) in [6.07, 6.45) is 2.56. The molecule has 1 aliphatic rings. The summed E-state index contributed by atoms with van der Waals surface area (Å²) < 4.78 is 31.1. The molecule has 0 radical (unpaired) electrons. The molecule has 2 aromatic carbocycles. The van der Waals surface area contributed by atoms with Crippen LogP contribution in [0.15, 0.2) is 46.9 Å². The van der Waals surface area contributed by atoms with Crippen molar-refractivity contribution >= 4 is 43.5 Å². The first-order valence-corrected chi connectivity index (χ1v) is 12.1. The molecule has 1 N–H and O–H groups in total. The fourth-order valence-electron chi connectivity index (χ4n) is 3.49. The highest BCUT2D eigenvalue weighted by Gasteiger charge is 2.25. The van der Waals surface area contributed by atoms with Crippen LogP contribution in [0.1, 0.15) is 40.4 Å². The summed E-state index contributed by atoms with van der Waals surface area (Å²) in [4.78, 5) is 24.8. The van der Waals surface area contributed by atoms with Crippen molar-refractivity contribution in [2.45, 2.75) is 25.3 Å². The zero-order chi connectivity index (χ0) is 21.9. The van der Waals surface area contributed by atoms with E-state index in [2.05, 4.69) is 21.2 Å². The summed E-state index contributed by atoms with van der Waals surface area (Å²) in [5.41, 5.74) is 2.61. The van der Waals surface area contributed by atoms with Gasteiger partial charge in [0.25, 0.3) is 5.91 Å². The number of benzene rings is 2. The van der Waals surface area contributed by atoms with Crippen LogP contribution < -0.4 is 9.62 Å². The van der Waals surface area contributed by atoms with E-state index in [0.29, 0.717) is 30.6 Å². The van der Waals surface area contributed by atoms with Crippen LogP contribution in [0.3, 0.4) is 0 Å². The summed E-state index contributed by atoms with van der Waals surface area (Å²) in [7, 11) is -2.06. The van der Waals surface area contributed by atoms with Crippen LogP contribution >= 0.6 is 15.9 Å². The van der Waals surface area contributed by atoms with Crippen LogP contribution in [-0.4, -0.2) is 40.2 Å². The predicted octanol–water partition coefficient (Wildman–Crippen LogP) is 3.20. The number of sulfonamides is 1. The Labute approximate surface area is 184 Å². The highest BCUT2D eigenvalue weighted by molar-refractivity contribution is 9.10. The Bertz CT molecular complexity index is 1050. The average molecular weight is 495 g/mol. The van der Waals surface area contributed by atoms with Gasteiger partial charge in [0.1, 0.15) is 0 Å². The van der Waals surface area contributed by atoms with Gasteiger partial charge in [0.2, 0.25) is 10.0 Å². The Morgan fingerprint density at radius 2 is 1.90 bits per heavy atom. The summed E-state index contributed by atoms with van der Waals surface area (Å²) in [5.74, 6) is -0.774. The van der Waals surface area contributed by atoms with Gasteiger partial charge in [-0.3, -0.25) is 13.9 Å². The van der Waals surface area contributed by atoms with Gasteiger partial charge in [0, 0.05) is 16.6 Å². The smallest absolute Gasteiger partial charge is 0.307 e. The van der Waals surface area contributed by atoms with Crippen molar-refractivity contribution in [2.75, 3.05) is 24.2 Å². The molecule has 3 rings (SSSR count). The molecule has 1 amide bonds. The maximum absolute atomic E-state index is 12.9. The molecule has 0 bridgehead atoms. The van der Waals surface area contributed by atoms with Gasteiger partial charge in [-0.05, 0) is 54.3 Å². The number of hydrogen-bond donors (Lipinski definition) is 1. The number of ether oxygens (including phenoxy) is 1. The Kier molecular flexibility index (Phi) is 6.82. The van der Waals surface area contributed by atoms with Crippen molar-refractivity contribution in [3.63, 3.8) is 0 Å². The van der Waals surface area contributed by atoms with Gasteiger partial charge in [-0.2, -0.15) is 0 Å². The first-order valence-electron chi connectivity index (χ1n) is 9.43. The molecule has 0 unspecified atom stereocenters. The largest absolute Gasteiger partial charge is 0.469 e. The number of fused-ring (bicyclic) bond motifs is 1. The highest BCUT2D eigenvalue weighted by atomic mass is 79.9. The zero-order valence-electron chi connectivity index (χ0n) is 16.7. The second-order valence-electron chi connectivity index (χ2n) is 7.14. The van der Waals surface area contributed by atoms with E-state index in [4.69, 9.17) is 4.74 Å². The molecule has 0 aliphatic carbocycles. The minimum Gasteiger partial charge on any atom is -0.469 e. The normalized spacial score (nSPS) is 14.6. The molecule has 0 spiro atoms. The quantitative estimate of drug-likeness (QED) is 0.622. The minimum atomic E-state index is -3.37. The van der Waals surface area contributed by atoms with Gasteiger partial charge in [-0.1, -0.05) is 28.1 Å². The number of aryl methyl sites for hydroxylation is 1. The molecular formula is C21H23BrN2O5S. The number of nitrogens with one attached hydrogen (secondary N) is 1. The van der Waals surface area contributed by atoms with Crippen molar-refractivity contribution in [3.8, 4) is 0 Å². The standard InChI is InChI=1S/C21H23BrN2O5S/c1-29-20(25)13-18(14-5-8-17(22)9-6-14)23-21(26)16-7-10-19-15(12-16)4-3-11-24(19)30(2,27)28/h5-10,12,18H,3-4,11,13H2,1-2H3,(H,23,26)/t18-/m0/s1. The van der Waals surface area contributed by atoms with Crippen molar-refractivity contribution in [2.24, 2.45) is 0 Å². The van der Waals surface area contributed by atoms with E-state index in [1.807, 2.05) is 24.3 Å². The van der Waals surface area contributed by atoms with E-state index >= 15 is 0 Å². The lowest BCUT2D eigenvalue weighted by molar-refractivity contribution is -0.141. The van der Waals surface area contributed by atoms with Crippen LogP contribution in [-0.2, 0) is 26.0 Å². The number of esters is 1. The highest BCUT2D eigenvalue weighted by Crippen LogP contribution is 2.30. The number of rotatable bonds is 6. The van der Waals surface area contributed by atoms with E-state index in [1.54, 1.807) is 18.2 Å². The first-order chi connectivity index (χ1) is 14.2. The van der Waals surface area contributed by atoms with Crippen LogP contribution in [0.2, 0.25) is 0 Å². The third-order valence-corrected chi connectivity index (χ3v) is 6.70. The second kappa shape index (κ2) is 9.18. The molecule has 1 atom stereocenters. The molecule has 0 saturated heterocycles. The van der Waals surface area contributed by atoms with Crippen molar-refractivity contribution in [3.05, 3.63) is 63.6 Å². The van der Waals surface area contributed by atoms with Crippen LogP contribution in [0.25, 0.3) is 0 Å². The third kappa shape index (κ3) is 5.20. The van der Waals surface area contributed by atoms with Crippen molar-refractivity contribution in [1.29, 1.82) is 0 Å². The molecular weight excluding hydrogens is 472 g/mol. The van der Waals surface area contributed by atoms with Crippen LogP contribution in [0.5, 0.6) is 0 Å². The van der Waals surface area contributed by atoms with Crippen molar-refractivity contribution in [1.82, 2.24) is 5.32 Å². The van der Waals surface area contributed by atoms with Gasteiger partial charge in [0.15, 0.2) is 0 Å². The summed E-state index contributed by atoms with van der Waals surface area (Å²) in [6.45, 7) is 0.433. The van der Waals surface area contributed by atoms with Gasteiger partial charge in [-0.15, -0.1) is 0 Å². The number of nitrogens with zero attached hydrogens (tertiary/aromatic N) is 1. The van der Waals surface area contributed by atoms with E-state index in [0.717, 1.165) is 15.6 Å². The summed E-state index contributed by atoms with van der Waals surface area (Å²) in [5, 5.41) is 2.90. The van der Waals surface area contributed by atoms with E-state index in [9.17, 15) is 18.0 Å². The maximum atomic E-state index is 12.9. The minimum absolute atomic E-state index is 0.00330. The molecule has 160 valence electrons. The van der Waals surface area contributed by atoms with Crippen LogP contribution in [0, 0.1) is 0 Å². The average Bonchev–Trinajstić information content (AvgIpc) is 2.72. The van der Waals surface area contributed by atoms with Gasteiger partial charge in [0.05, 0.1) is 31.5 Å². The lowest BCUT2D eigenvalue weighted by atomic mass is 9.99. The maximum Gasteiger partial charge on any atom is 0.307 e. The summed E-state index contributed by atoms with van der Waals surface area (Å²) >= 11 is 3.37. The number of halogens is 1. The van der Waals surface area contributed by atoms with Gasteiger partial charge in [-0.25, -0.2) is 8.42 Å². The Morgan fingerprint density at radius 3 is 2.53 bits per heavy atom. The van der Waals surface area contributed by atoms with Gasteiger partial charge < -0.3 is 10.1 Å². The molecule has 1 aliphatic heterocycles. The number of amides is 1. The Hall–Kier alpha value is -2.39. The number of carbonyl (C=O) groups is 2. The monoisotopic (exact) mass is 494 g/mol. The number of hydrogen-bond acceptors (Lipinski definition) is 5. The lowest BCUT2D eigenvalue weighted by Crippen LogP contribution is -2.35. The lowest BCUT2D eigenvalue weighted by Gasteiger charge is -2.29. The topological polar surface area (TPSA) is 92.8 Å². The second-order valence-corrected chi connectivity index (χ2v) is 9.96. The Morgan fingerprint density at radius 1 is 1.20 bits per heavy atom. The van der Waals surface area contributed by atoms with E-state index < -0.39 is 22.0 Å². The first kappa shape index (κ1) is 22.3. The Balaban J connectivity index is 1.85. The molecule has 2 aromatic rings. The third-order valence-electron chi connectivity index (χ3n) is 4.99. The molecule has 0 saturated carbocycles. The van der Waals surface area contributed by atoms with E-state index in [-0.39, 0.29) is 12.3 Å². The molecule has 30 heavy (non-hydrogen) atoms. The molecule has 0 fully saturated rings. The number of methoxy groups -OCH3 is 1. The fraction of sp³-hybridized carbons (Fsp3) is 0.333. The zero-order valence-corrected chi connectivity index (χ0v) is 19.1. The SMILES string of the molecule is COC(=O)C[C@H](NC(=O)c1ccc2c(c1)CCCN2S(C)(=O)=O)c1ccc(Br)cc1. The molecule has 7 nitrogen and oxygen atoms in total. The molecule has 0 aromatic heterocycles. The van der Waals surface area contributed by atoms with Gasteiger partial charge >= 0.3 is 5.97 Å². The summed E-state index contributed by atoms with van der Waals surface area (Å²) in [6, 6.07) is 11.8. The fourth-order valence-corrected chi connectivity index (χ4v) is 4.75. The van der Waals surface area contributed by atoms with Crippen LogP contribution in [0.4, 0.5) is 5.69 Å². The molecule has 1 heterocycles. The predicted molar refractivity (Wildman–Crippen MR) is 118 cm³/mol.